The fraction of sp³-hybridized carbons (Fsp3) is 0.312. The molecular weight excluding hydrogens is 619 g/mol. The minimum Gasteiger partial charge on any atom is -0.355 e. The summed E-state index contributed by atoms with van der Waals surface area (Å²) in [4.78, 5) is 30.2. The molecule has 46 heavy (non-hydrogen) atoms. The van der Waals surface area contributed by atoms with E-state index in [-0.39, 0.29) is 28.9 Å². The number of alkyl halides is 4. The Balaban J connectivity index is 1.38. The number of nitrogens with zero attached hydrogens (tertiary/aromatic N) is 3. The Morgan fingerprint density at radius 1 is 1.04 bits per heavy atom. The van der Waals surface area contributed by atoms with Gasteiger partial charge in [0.2, 0.25) is 5.91 Å². The van der Waals surface area contributed by atoms with Crippen LogP contribution in [0.2, 0.25) is 0 Å². The van der Waals surface area contributed by atoms with E-state index in [1.54, 1.807) is 12.1 Å². The van der Waals surface area contributed by atoms with Gasteiger partial charge in [-0.1, -0.05) is 12.1 Å². The van der Waals surface area contributed by atoms with Crippen LogP contribution in [0.3, 0.4) is 0 Å². The van der Waals surface area contributed by atoms with Crippen molar-refractivity contribution in [3.63, 3.8) is 0 Å². The Morgan fingerprint density at radius 3 is 2.48 bits per heavy atom. The molecular formula is C32H26F7N5O2. The van der Waals surface area contributed by atoms with Gasteiger partial charge in [0, 0.05) is 37.2 Å². The predicted molar refractivity (Wildman–Crippen MR) is 151 cm³/mol. The van der Waals surface area contributed by atoms with E-state index in [9.17, 15) is 40.3 Å². The summed E-state index contributed by atoms with van der Waals surface area (Å²) in [5.41, 5.74) is -1.31. The van der Waals surface area contributed by atoms with E-state index < -0.39 is 83.7 Å². The molecule has 2 aliphatic carbocycles. The van der Waals surface area contributed by atoms with Gasteiger partial charge in [0.1, 0.15) is 29.7 Å². The number of halogens is 7. The number of pyridine rings is 1. The van der Waals surface area contributed by atoms with Crippen molar-refractivity contribution in [3.05, 3.63) is 106 Å². The van der Waals surface area contributed by atoms with E-state index in [1.807, 2.05) is 0 Å². The average molecular weight is 646 g/mol. The van der Waals surface area contributed by atoms with Crippen molar-refractivity contribution in [1.82, 2.24) is 25.4 Å². The van der Waals surface area contributed by atoms with Crippen LogP contribution < -0.4 is 10.6 Å². The van der Waals surface area contributed by atoms with E-state index in [1.165, 1.54) is 25.4 Å². The molecule has 2 N–H and O–H groups in total. The Hall–Kier alpha value is -4.75. The zero-order valence-electron chi connectivity index (χ0n) is 24.1. The smallest absolute Gasteiger partial charge is 0.282 e. The standard InChI is InChI=1S/C32H26F7N5O2/c1-40-31(46)22-10-16(4-5-23(22)35)20-3-2-6-41-27(20)24(9-15-7-18(33)12-19(34)8-15)42-25(45)14-44-29-21-11-17(21)13-32(38,39)26(29)28(43-44)30(36)37/h2-8,10,12,17,21,24,30H,9,11,13-14H2,1H3,(H,40,46)(H,42,45)/t17?,21?,24-/m0/s1. The summed E-state index contributed by atoms with van der Waals surface area (Å²) in [6, 6.07) is 8.55. The Labute approximate surface area is 257 Å². The molecule has 2 unspecified atom stereocenters. The quantitative estimate of drug-likeness (QED) is 0.208. The lowest BCUT2D eigenvalue weighted by atomic mass is 9.92. The first-order valence-corrected chi connectivity index (χ1v) is 14.3. The summed E-state index contributed by atoms with van der Waals surface area (Å²) in [6.45, 7) is -0.693. The van der Waals surface area contributed by atoms with Crippen molar-refractivity contribution >= 4 is 11.8 Å². The number of benzene rings is 2. The summed E-state index contributed by atoms with van der Waals surface area (Å²) < 4.78 is 101. The lowest BCUT2D eigenvalue weighted by Crippen LogP contribution is -2.34. The third-order valence-electron chi connectivity index (χ3n) is 8.29. The zero-order chi connectivity index (χ0) is 32.9. The largest absolute Gasteiger partial charge is 0.355 e. The van der Waals surface area contributed by atoms with E-state index in [0.29, 0.717) is 23.6 Å². The molecule has 0 saturated heterocycles. The molecule has 2 aromatic heterocycles. The van der Waals surface area contributed by atoms with Gasteiger partial charge in [-0.05, 0) is 60.2 Å². The topological polar surface area (TPSA) is 88.9 Å². The molecule has 3 atom stereocenters. The Bertz CT molecular complexity index is 1820. The molecule has 4 aromatic rings. The molecule has 240 valence electrons. The molecule has 1 fully saturated rings. The number of carbonyl (C=O) groups is 2. The van der Waals surface area contributed by atoms with Gasteiger partial charge in [0.05, 0.1) is 28.6 Å². The third-order valence-corrected chi connectivity index (χ3v) is 8.29. The van der Waals surface area contributed by atoms with Crippen molar-refractivity contribution in [2.24, 2.45) is 5.92 Å². The highest BCUT2D eigenvalue weighted by molar-refractivity contribution is 5.95. The lowest BCUT2D eigenvalue weighted by Gasteiger charge is -2.24. The van der Waals surface area contributed by atoms with Crippen molar-refractivity contribution < 1.29 is 40.3 Å². The van der Waals surface area contributed by atoms with Crippen molar-refractivity contribution in [1.29, 1.82) is 0 Å². The fourth-order valence-corrected chi connectivity index (χ4v) is 6.26. The number of carbonyl (C=O) groups excluding carboxylic acids is 2. The van der Waals surface area contributed by atoms with Crippen LogP contribution in [-0.4, -0.2) is 33.6 Å². The molecule has 2 heterocycles. The minimum atomic E-state index is -3.52. The highest BCUT2D eigenvalue weighted by atomic mass is 19.3. The number of nitrogens with one attached hydrogen (secondary N) is 2. The van der Waals surface area contributed by atoms with E-state index in [4.69, 9.17) is 0 Å². The van der Waals surface area contributed by atoms with Gasteiger partial charge in [-0.2, -0.15) is 5.10 Å². The molecule has 0 aliphatic heterocycles. The van der Waals surface area contributed by atoms with Crippen LogP contribution in [0.5, 0.6) is 0 Å². The number of fused-ring (bicyclic) bond motifs is 3. The van der Waals surface area contributed by atoms with Crippen molar-refractivity contribution in [2.75, 3.05) is 7.05 Å². The summed E-state index contributed by atoms with van der Waals surface area (Å²) in [6.07, 6.45) is -2.32. The van der Waals surface area contributed by atoms with E-state index >= 15 is 0 Å². The molecule has 0 bridgehead atoms. The van der Waals surface area contributed by atoms with Crippen LogP contribution in [-0.2, 0) is 23.7 Å². The van der Waals surface area contributed by atoms with Crippen LogP contribution in [0.1, 0.15) is 69.8 Å². The molecule has 14 heteroatoms. The summed E-state index contributed by atoms with van der Waals surface area (Å²) in [7, 11) is 1.33. The molecule has 0 radical (unpaired) electrons. The second-order valence-corrected chi connectivity index (χ2v) is 11.4. The van der Waals surface area contributed by atoms with Crippen LogP contribution in [0, 0.1) is 23.4 Å². The minimum absolute atomic E-state index is 0.0954. The predicted octanol–water partition coefficient (Wildman–Crippen LogP) is 6.36. The first-order valence-electron chi connectivity index (χ1n) is 14.3. The van der Waals surface area contributed by atoms with Gasteiger partial charge >= 0.3 is 0 Å². The number of aromatic nitrogens is 3. The summed E-state index contributed by atoms with van der Waals surface area (Å²) in [5.74, 6) is -8.42. The highest BCUT2D eigenvalue weighted by Gasteiger charge is 2.57. The van der Waals surface area contributed by atoms with Gasteiger partial charge < -0.3 is 10.6 Å². The second kappa shape index (κ2) is 11.9. The number of amides is 2. The average Bonchev–Trinajstić information content (AvgIpc) is 3.64. The fourth-order valence-electron chi connectivity index (χ4n) is 6.26. The van der Waals surface area contributed by atoms with Gasteiger partial charge in [-0.25, -0.2) is 30.7 Å². The van der Waals surface area contributed by atoms with Crippen molar-refractivity contribution in [2.45, 2.75) is 50.1 Å². The van der Waals surface area contributed by atoms with Crippen LogP contribution in [0.15, 0.2) is 54.7 Å². The summed E-state index contributed by atoms with van der Waals surface area (Å²) in [5, 5.41) is 8.78. The van der Waals surface area contributed by atoms with Crippen molar-refractivity contribution in [3.8, 4) is 11.1 Å². The van der Waals surface area contributed by atoms with Gasteiger partial charge in [0.15, 0.2) is 0 Å². The lowest BCUT2D eigenvalue weighted by molar-refractivity contribution is -0.122. The van der Waals surface area contributed by atoms with Gasteiger partial charge in [-0.3, -0.25) is 19.3 Å². The SMILES string of the molecule is CNC(=O)c1cc(-c2cccnc2[C@H](Cc2cc(F)cc(F)c2)NC(=O)Cn2nc(C(F)F)c3c2C2CC2CC3(F)F)ccc1F. The van der Waals surface area contributed by atoms with Crippen LogP contribution in [0.4, 0.5) is 30.7 Å². The summed E-state index contributed by atoms with van der Waals surface area (Å²) >= 11 is 0. The van der Waals surface area contributed by atoms with Crippen LogP contribution >= 0.6 is 0 Å². The van der Waals surface area contributed by atoms with Gasteiger partial charge in [-0.15, -0.1) is 0 Å². The van der Waals surface area contributed by atoms with Gasteiger partial charge in [0.25, 0.3) is 18.3 Å². The first-order chi connectivity index (χ1) is 21.9. The maximum Gasteiger partial charge on any atom is 0.282 e. The number of hydrogen-bond donors (Lipinski definition) is 2. The number of hydrogen-bond acceptors (Lipinski definition) is 4. The monoisotopic (exact) mass is 645 g/mol. The van der Waals surface area contributed by atoms with Crippen LogP contribution in [0.25, 0.3) is 11.1 Å². The molecule has 6 rings (SSSR count). The second-order valence-electron chi connectivity index (χ2n) is 11.4. The Morgan fingerprint density at radius 2 is 1.78 bits per heavy atom. The first kappa shape index (κ1) is 31.2. The highest BCUT2D eigenvalue weighted by Crippen LogP contribution is 2.62. The van der Waals surface area contributed by atoms with E-state index in [0.717, 1.165) is 22.9 Å². The third kappa shape index (κ3) is 5.95. The molecule has 2 aliphatic rings. The molecule has 2 amide bonds. The van der Waals surface area contributed by atoms with E-state index in [2.05, 4.69) is 20.7 Å². The zero-order valence-corrected chi connectivity index (χ0v) is 24.1. The molecule has 2 aromatic carbocycles. The Kier molecular flexibility index (Phi) is 8.07. The maximum absolute atomic E-state index is 14.9. The molecule has 1 saturated carbocycles. The maximum atomic E-state index is 14.9. The normalized spacial score (nSPS) is 18.5. The molecule has 0 spiro atoms. The molecule has 7 nitrogen and oxygen atoms in total. The number of rotatable bonds is 9.